The molecule has 0 bridgehead atoms. The largest absolute Gasteiger partial charge is 0.324 e. The van der Waals surface area contributed by atoms with Gasteiger partial charge in [0.15, 0.2) is 0 Å². The summed E-state index contributed by atoms with van der Waals surface area (Å²) >= 11 is 17.3. The molecule has 7 heteroatoms. The second kappa shape index (κ2) is 8.29. The molecule has 0 saturated carbocycles. The predicted molar refractivity (Wildman–Crippen MR) is 81.4 cm³/mol. The third-order valence-electron chi connectivity index (χ3n) is 2.38. The van der Waals surface area contributed by atoms with Crippen LogP contribution in [0.3, 0.4) is 0 Å². The summed E-state index contributed by atoms with van der Waals surface area (Å²) in [6.45, 7) is 0.968. The van der Waals surface area contributed by atoms with E-state index in [2.05, 4.69) is 5.09 Å². The highest BCUT2D eigenvalue weighted by molar-refractivity contribution is 7.64. The number of para-hydroxylation sites is 1. The van der Waals surface area contributed by atoms with Crippen LogP contribution in [-0.2, 0) is 4.57 Å². The van der Waals surface area contributed by atoms with Crippen molar-refractivity contribution in [3.63, 3.8) is 0 Å². The lowest BCUT2D eigenvalue weighted by molar-refractivity contribution is 0.453. The Labute approximate surface area is 123 Å². The normalized spacial score (nSPS) is 14.4. The minimum atomic E-state index is -2.89. The molecule has 1 atom stereocenters. The number of alkyl halides is 3. The maximum atomic E-state index is 12.8. The Hall–Kier alpha value is 0.0800. The van der Waals surface area contributed by atoms with E-state index in [-0.39, 0.29) is 5.62 Å². The van der Waals surface area contributed by atoms with Crippen LogP contribution < -0.4 is 5.09 Å². The first-order chi connectivity index (χ1) is 8.66. The zero-order valence-corrected chi connectivity index (χ0v) is 13.0. The molecule has 3 nitrogen and oxygen atoms in total. The zero-order chi connectivity index (χ0) is 13.4. The van der Waals surface area contributed by atoms with Crippen LogP contribution in [0.1, 0.15) is 0 Å². The Morgan fingerprint density at radius 2 is 1.61 bits per heavy atom. The summed E-state index contributed by atoms with van der Waals surface area (Å²) in [6, 6.07) is 9.33. The Morgan fingerprint density at radius 3 is 2.06 bits per heavy atom. The second-order valence-corrected chi connectivity index (χ2v) is 7.54. The lowest BCUT2D eigenvalue weighted by atomic mass is 10.3. The number of hydrogen-bond acceptors (Lipinski definition) is 1. The van der Waals surface area contributed by atoms with Crippen molar-refractivity contribution in [2.24, 2.45) is 0 Å². The molecule has 1 N–H and O–H groups in total. The molecular formula is C11H16Cl3N2OP. The zero-order valence-electron chi connectivity index (χ0n) is 9.86. The van der Waals surface area contributed by atoms with Crippen LogP contribution in [0.4, 0.5) is 5.69 Å². The average molecular weight is 330 g/mol. The molecule has 1 aromatic carbocycles. The molecule has 0 unspecified atom stereocenters. The fourth-order valence-electron chi connectivity index (χ4n) is 1.52. The van der Waals surface area contributed by atoms with Gasteiger partial charge in [-0.1, -0.05) is 18.2 Å². The van der Waals surface area contributed by atoms with Crippen LogP contribution in [0.25, 0.3) is 0 Å². The van der Waals surface area contributed by atoms with Crippen LogP contribution in [0, 0.1) is 0 Å². The van der Waals surface area contributed by atoms with Crippen molar-refractivity contribution in [1.29, 1.82) is 0 Å². The van der Waals surface area contributed by atoms with Crippen molar-refractivity contribution in [3.8, 4) is 0 Å². The summed E-state index contributed by atoms with van der Waals surface area (Å²) in [7, 11) is -2.89. The summed E-state index contributed by atoms with van der Waals surface area (Å²) in [5.41, 5.74) is 0.783. The van der Waals surface area contributed by atoms with E-state index >= 15 is 0 Å². The van der Waals surface area contributed by atoms with E-state index in [1.165, 1.54) is 0 Å². The highest BCUT2D eigenvalue weighted by Crippen LogP contribution is 2.49. The Morgan fingerprint density at radius 1 is 1.06 bits per heavy atom. The van der Waals surface area contributed by atoms with E-state index in [1.54, 1.807) is 4.67 Å². The van der Waals surface area contributed by atoms with Gasteiger partial charge in [0.2, 0.25) is 0 Å². The maximum Gasteiger partial charge on any atom is 0.251 e. The molecule has 1 rings (SSSR count). The van der Waals surface area contributed by atoms with Crippen molar-refractivity contribution in [2.45, 2.75) is 0 Å². The van der Waals surface area contributed by atoms with Crippen molar-refractivity contribution in [1.82, 2.24) is 4.67 Å². The SMILES string of the molecule is O=[P@@](CCl)(Nc1ccccc1)N(CCCl)CCCl. The topological polar surface area (TPSA) is 32.3 Å². The van der Waals surface area contributed by atoms with Crippen molar-refractivity contribution in [2.75, 3.05) is 35.6 Å². The monoisotopic (exact) mass is 328 g/mol. The van der Waals surface area contributed by atoms with E-state index in [1.807, 2.05) is 30.3 Å². The minimum absolute atomic E-state index is 0.00960. The van der Waals surface area contributed by atoms with Gasteiger partial charge in [0.05, 0.1) is 0 Å². The molecule has 18 heavy (non-hydrogen) atoms. The number of anilines is 1. The molecule has 0 aliphatic heterocycles. The van der Waals surface area contributed by atoms with E-state index < -0.39 is 7.44 Å². The van der Waals surface area contributed by atoms with Gasteiger partial charge in [0, 0.05) is 30.5 Å². The standard InChI is InChI=1S/C11H16Cl3N2OP/c12-6-8-16(9-7-13)18(17,10-14)15-11-4-2-1-3-5-11/h1-5H,6-10H2,(H,15,17)/t18-/m0/s1. The average Bonchev–Trinajstić information content (AvgIpc) is 2.39. The molecule has 0 aromatic heterocycles. The fraction of sp³-hybridized carbons (Fsp3) is 0.455. The lowest BCUT2D eigenvalue weighted by Gasteiger charge is -2.30. The molecule has 0 aliphatic carbocycles. The number of nitrogens with zero attached hydrogens (tertiary/aromatic N) is 1. The molecule has 0 spiro atoms. The molecule has 102 valence electrons. The van der Waals surface area contributed by atoms with Gasteiger partial charge in [-0.2, -0.15) is 0 Å². The quantitative estimate of drug-likeness (QED) is 0.571. The Kier molecular flexibility index (Phi) is 7.43. The van der Waals surface area contributed by atoms with Gasteiger partial charge in [0.25, 0.3) is 7.44 Å². The van der Waals surface area contributed by atoms with Gasteiger partial charge < -0.3 is 5.09 Å². The number of hydrogen-bond donors (Lipinski definition) is 1. The molecule has 1 aromatic rings. The van der Waals surface area contributed by atoms with Gasteiger partial charge in [-0.05, 0) is 12.1 Å². The molecule has 0 amide bonds. The predicted octanol–water partition coefficient (Wildman–Crippen LogP) is 4.27. The summed E-state index contributed by atoms with van der Waals surface area (Å²) < 4.78 is 14.5. The molecule has 0 heterocycles. The third kappa shape index (κ3) is 4.64. The molecule has 0 radical (unpaired) electrons. The molecular weight excluding hydrogens is 313 g/mol. The van der Waals surface area contributed by atoms with Crippen LogP contribution in [0.5, 0.6) is 0 Å². The molecule has 0 aliphatic rings. The summed E-state index contributed by atoms with van der Waals surface area (Å²) in [4.78, 5) is 0. The summed E-state index contributed by atoms with van der Waals surface area (Å²) in [5, 5.41) is 3.01. The maximum absolute atomic E-state index is 12.8. The van der Waals surface area contributed by atoms with Crippen LogP contribution in [0.15, 0.2) is 30.3 Å². The van der Waals surface area contributed by atoms with Gasteiger partial charge in [-0.25, -0.2) is 4.67 Å². The third-order valence-corrected chi connectivity index (χ3v) is 5.94. The van der Waals surface area contributed by atoms with E-state index in [0.717, 1.165) is 5.69 Å². The fourth-order valence-corrected chi connectivity index (χ4v) is 4.55. The van der Waals surface area contributed by atoms with Gasteiger partial charge in [-0.15, -0.1) is 34.8 Å². The van der Waals surface area contributed by atoms with Crippen molar-refractivity contribution in [3.05, 3.63) is 30.3 Å². The Balaban J connectivity index is 2.85. The summed E-state index contributed by atoms with van der Waals surface area (Å²) in [6.07, 6.45) is 0. The highest BCUT2D eigenvalue weighted by Gasteiger charge is 2.28. The lowest BCUT2D eigenvalue weighted by Crippen LogP contribution is -2.28. The molecule has 0 saturated heterocycles. The van der Waals surface area contributed by atoms with E-state index in [9.17, 15) is 4.57 Å². The van der Waals surface area contributed by atoms with Crippen LogP contribution in [-0.4, -0.2) is 35.1 Å². The van der Waals surface area contributed by atoms with Crippen molar-refractivity contribution >= 4 is 47.9 Å². The first-order valence-electron chi connectivity index (χ1n) is 5.52. The number of benzene rings is 1. The minimum Gasteiger partial charge on any atom is -0.324 e. The number of halogens is 3. The van der Waals surface area contributed by atoms with Crippen LogP contribution in [0.2, 0.25) is 0 Å². The Bertz CT molecular complexity index is 385. The van der Waals surface area contributed by atoms with Crippen LogP contribution >= 0.6 is 42.2 Å². The van der Waals surface area contributed by atoms with Gasteiger partial charge >= 0.3 is 0 Å². The second-order valence-electron chi connectivity index (χ2n) is 3.63. The number of nitrogens with one attached hydrogen (secondary N) is 1. The van der Waals surface area contributed by atoms with Gasteiger partial charge in [0.1, 0.15) is 5.62 Å². The highest BCUT2D eigenvalue weighted by atomic mass is 35.5. The van der Waals surface area contributed by atoms with Crippen molar-refractivity contribution < 1.29 is 4.57 Å². The van der Waals surface area contributed by atoms with E-state index in [0.29, 0.717) is 24.8 Å². The number of rotatable bonds is 8. The smallest absolute Gasteiger partial charge is 0.251 e. The molecule has 0 fully saturated rings. The summed E-state index contributed by atoms with van der Waals surface area (Å²) in [5.74, 6) is 0.766. The first-order valence-corrected chi connectivity index (χ1v) is 8.97. The first kappa shape index (κ1) is 16.1. The van der Waals surface area contributed by atoms with Gasteiger partial charge in [-0.3, -0.25) is 4.57 Å². The van der Waals surface area contributed by atoms with E-state index in [4.69, 9.17) is 34.8 Å².